The molecule has 28 heavy (non-hydrogen) atoms. The highest BCUT2D eigenvalue weighted by molar-refractivity contribution is 5.83. The van der Waals surface area contributed by atoms with Gasteiger partial charge in [-0.05, 0) is 24.3 Å². The number of nitrogens with zero attached hydrogens (tertiary/aromatic N) is 5. The van der Waals surface area contributed by atoms with Crippen LogP contribution in [0.15, 0.2) is 47.7 Å². The number of rotatable bonds is 2. The molecule has 142 valence electrons. The van der Waals surface area contributed by atoms with Crippen LogP contribution in [0.1, 0.15) is 0 Å². The van der Waals surface area contributed by atoms with Crippen molar-refractivity contribution in [3.05, 3.63) is 59.0 Å². The van der Waals surface area contributed by atoms with Crippen molar-refractivity contribution in [2.75, 3.05) is 31.1 Å². The number of aryl methyl sites for hydroxylation is 1. The van der Waals surface area contributed by atoms with Gasteiger partial charge in [-0.1, -0.05) is 0 Å². The van der Waals surface area contributed by atoms with Crippen LogP contribution in [0.5, 0.6) is 0 Å². The van der Waals surface area contributed by atoms with Gasteiger partial charge in [0.1, 0.15) is 11.8 Å². The number of hydrogen-bond donors (Lipinski definition) is 1. The lowest BCUT2D eigenvalue weighted by Crippen LogP contribution is -2.43. The molecule has 1 fully saturated rings. The van der Waals surface area contributed by atoms with Gasteiger partial charge in [-0.3, -0.25) is 14.0 Å². The van der Waals surface area contributed by atoms with Crippen molar-refractivity contribution >= 4 is 27.5 Å². The van der Waals surface area contributed by atoms with Crippen molar-refractivity contribution in [2.24, 2.45) is 7.05 Å². The molecule has 0 unspecified atom stereocenters. The average Bonchev–Trinajstić information content (AvgIpc) is 3.10. The highest BCUT2D eigenvalue weighted by atomic mass is 19.1. The fourth-order valence-corrected chi connectivity index (χ4v) is 3.75. The van der Waals surface area contributed by atoms with Crippen LogP contribution in [0.3, 0.4) is 0 Å². The van der Waals surface area contributed by atoms with Crippen LogP contribution < -0.4 is 15.8 Å². The summed E-state index contributed by atoms with van der Waals surface area (Å²) in [4.78, 5) is 19.8. The Bertz CT molecular complexity index is 1260. The van der Waals surface area contributed by atoms with Gasteiger partial charge in [-0.25, -0.2) is 9.37 Å². The number of anilines is 1. The van der Waals surface area contributed by atoms with Crippen molar-refractivity contribution in [1.29, 1.82) is 0 Å². The van der Waals surface area contributed by atoms with E-state index in [9.17, 15) is 9.18 Å². The highest BCUT2D eigenvalue weighted by Crippen LogP contribution is 2.22. The van der Waals surface area contributed by atoms with E-state index in [1.165, 1.54) is 17.0 Å². The minimum absolute atomic E-state index is 0.218. The number of hydrogen-bond acceptors (Lipinski definition) is 5. The molecule has 2 aromatic heterocycles. The Labute approximate surface area is 160 Å². The van der Waals surface area contributed by atoms with Gasteiger partial charge in [-0.2, -0.15) is 5.10 Å². The zero-order valence-electron chi connectivity index (χ0n) is 15.4. The zero-order valence-corrected chi connectivity index (χ0v) is 15.4. The molecule has 1 aliphatic heterocycles. The summed E-state index contributed by atoms with van der Waals surface area (Å²) in [5, 5.41) is 8.59. The van der Waals surface area contributed by atoms with E-state index in [2.05, 4.69) is 20.3 Å². The number of aromatic nitrogens is 4. The van der Waals surface area contributed by atoms with E-state index >= 15 is 0 Å². The van der Waals surface area contributed by atoms with E-state index in [0.717, 1.165) is 31.9 Å². The molecule has 5 rings (SSSR count). The van der Waals surface area contributed by atoms with Crippen LogP contribution in [0.4, 0.5) is 10.1 Å². The molecule has 0 aliphatic carbocycles. The third-order valence-electron chi connectivity index (χ3n) is 5.16. The second-order valence-electron chi connectivity index (χ2n) is 7.03. The standard InChI is InChI=1S/C20H19FN6O/c1-25-11-13-8-15(10-17(21)19(13)24-25)27-12-23-18-3-2-14(9-16(18)20(27)28)26-6-4-22-5-7-26/h2-3,8-12,22H,4-7H2,1H3. The number of benzene rings is 2. The first-order valence-corrected chi connectivity index (χ1v) is 9.20. The van der Waals surface area contributed by atoms with Gasteiger partial charge >= 0.3 is 0 Å². The Morgan fingerprint density at radius 1 is 1.11 bits per heavy atom. The molecule has 7 nitrogen and oxygen atoms in total. The van der Waals surface area contributed by atoms with Crippen LogP contribution >= 0.6 is 0 Å². The SMILES string of the molecule is Cn1cc2cc(-n3cnc4ccc(N5CCNCC5)cc4c3=O)cc(F)c2n1. The van der Waals surface area contributed by atoms with E-state index < -0.39 is 5.82 Å². The van der Waals surface area contributed by atoms with E-state index in [1.807, 2.05) is 18.2 Å². The highest BCUT2D eigenvalue weighted by Gasteiger charge is 2.14. The molecular weight excluding hydrogens is 359 g/mol. The maximum absolute atomic E-state index is 14.5. The van der Waals surface area contributed by atoms with Gasteiger partial charge in [0.15, 0.2) is 5.82 Å². The lowest BCUT2D eigenvalue weighted by Gasteiger charge is -2.29. The summed E-state index contributed by atoms with van der Waals surface area (Å²) in [5.41, 5.74) is 2.13. The third kappa shape index (κ3) is 2.73. The molecule has 1 aliphatic rings. The van der Waals surface area contributed by atoms with Crippen molar-refractivity contribution < 1.29 is 4.39 Å². The molecular formula is C20H19FN6O. The molecule has 1 N–H and O–H groups in total. The molecule has 0 bridgehead atoms. The zero-order chi connectivity index (χ0) is 19.3. The van der Waals surface area contributed by atoms with Crippen molar-refractivity contribution in [1.82, 2.24) is 24.6 Å². The first-order chi connectivity index (χ1) is 13.6. The largest absolute Gasteiger partial charge is 0.369 e. The summed E-state index contributed by atoms with van der Waals surface area (Å²) in [6, 6.07) is 8.81. The second-order valence-corrected chi connectivity index (χ2v) is 7.03. The first-order valence-electron chi connectivity index (χ1n) is 9.20. The number of nitrogens with one attached hydrogen (secondary N) is 1. The van der Waals surface area contributed by atoms with Crippen LogP contribution in [-0.4, -0.2) is 45.5 Å². The van der Waals surface area contributed by atoms with Crippen molar-refractivity contribution in [3.63, 3.8) is 0 Å². The third-order valence-corrected chi connectivity index (χ3v) is 5.16. The predicted octanol–water partition coefficient (Wildman–Crippen LogP) is 1.82. The van der Waals surface area contributed by atoms with E-state index in [4.69, 9.17) is 0 Å². The van der Waals surface area contributed by atoms with Gasteiger partial charge in [0, 0.05) is 56.6 Å². The van der Waals surface area contributed by atoms with Crippen molar-refractivity contribution in [2.45, 2.75) is 0 Å². The normalized spacial score (nSPS) is 14.9. The first kappa shape index (κ1) is 16.9. The fourth-order valence-electron chi connectivity index (χ4n) is 3.75. The maximum Gasteiger partial charge on any atom is 0.265 e. The van der Waals surface area contributed by atoms with E-state index in [-0.39, 0.29) is 11.1 Å². The fraction of sp³-hybridized carbons (Fsp3) is 0.250. The summed E-state index contributed by atoms with van der Waals surface area (Å²) in [5.74, 6) is -0.463. The molecule has 0 saturated carbocycles. The lowest BCUT2D eigenvalue weighted by atomic mass is 10.2. The maximum atomic E-state index is 14.5. The number of fused-ring (bicyclic) bond motifs is 2. The summed E-state index contributed by atoms with van der Waals surface area (Å²) in [6.07, 6.45) is 3.18. The molecule has 8 heteroatoms. The molecule has 0 spiro atoms. The monoisotopic (exact) mass is 378 g/mol. The Morgan fingerprint density at radius 3 is 2.75 bits per heavy atom. The Kier molecular flexibility index (Phi) is 3.87. The number of piperazine rings is 1. The van der Waals surface area contributed by atoms with Crippen molar-refractivity contribution in [3.8, 4) is 5.69 Å². The molecule has 0 amide bonds. The van der Waals surface area contributed by atoms with Gasteiger partial charge in [0.25, 0.3) is 5.56 Å². The molecule has 4 aromatic rings. The van der Waals surface area contributed by atoms with Crippen LogP contribution in [0.25, 0.3) is 27.5 Å². The summed E-state index contributed by atoms with van der Waals surface area (Å²) >= 11 is 0. The minimum atomic E-state index is -0.463. The van der Waals surface area contributed by atoms with Gasteiger partial charge in [0.05, 0.1) is 16.6 Å². The summed E-state index contributed by atoms with van der Waals surface area (Å²) < 4.78 is 17.4. The molecule has 3 heterocycles. The summed E-state index contributed by atoms with van der Waals surface area (Å²) in [6.45, 7) is 3.62. The van der Waals surface area contributed by atoms with Gasteiger partial charge in [0.2, 0.25) is 0 Å². The Hall–Kier alpha value is -3.26. The summed E-state index contributed by atoms with van der Waals surface area (Å²) in [7, 11) is 1.74. The number of halogens is 1. The molecule has 2 aromatic carbocycles. The topological polar surface area (TPSA) is 68.0 Å². The second kappa shape index (κ2) is 6.42. The molecule has 0 atom stereocenters. The van der Waals surface area contributed by atoms with E-state index in [0.29, 0.717) is 22.0 Å². The Morgan fingerprint density at radius 2 is 1.93 bits per heavy atom. The lowest BCUT2D eigenvalue weighted by molar-refractivity contribution is 0.589. The van der Waals surface area contributed by atoms with Gasteiger partial charge in [-0.15, -0.1) is 0 Å². The van der Waals surface area contributed by atoms with E-state index in [1.54, 1.807) is 24.0 Å². The van der Waals surface area contributed by atoms with Crippen LogP contribution in [0.2, 0.25) is 0 Å². The van der Waals surface area contributed by atoms with Crippen LogP contribution in [-0.2, 0) is 7.05 Å². The minimum Gasteiger partial charge on any atom is -0.369 e. The van der Waals surface area contributed by atoms with Gasteiger partial charge < -0.3 is 10.2 Å². The smallest absolute Gasteiger partial charge is 0.265 e. The quantitative estimate of drug-likeness (QED) is 0.576. The predicted molar refractivity (Wildman–Crippen MR) is 107 cm³/mol. The molecule has 0 radical (unpaired) electrons. The Balaban J connectivity index is 1.65. The van der Waals surface area contributed by atoms with Crippen LogP contribution in [0, 0.1) is 5.82 Å². The molecule has 1 saturated heterocycles. The average molecular weight is 378 g/mol.